The molecule has 1 atom stereocenters. The van der Waals surface area contributed by atoms with E-state index in [4.69, 9.17) is 0 Å². The standard InChI is InChI=1S/C17H20N2O3S/c20-15(12-4-2-1-3-5-12)19-11-23-8-14(19)16(21)18-9-17(22,10-18)13-6-7-13/h1-5,13-14,22H,6-11H2. The molecule has 4 rings (SSSR count). The molecule has 2 aliphatic heterocycles. The van der Waals surface area contributed by atoms with Crippen LogP contribution >= 0.6 is 11.8 Å². The van der Waals surface area contributed by atoms with E-state index in [1.54, 1.807) is 33.7 Å². The number of hydrogen-bond donors (Lipinski definition) is 1. The van der Waals surface area contributed by atoms with E-state index in [1.807, 2.05) is 18.2 Å². The number of β-amino-alcohol motifs (C(OH)–C–C–N with tert-alkyl or cyclic N) is 1. The average Bonchev–Trinajstić information content (AvgIpc) is 3.29. The summed E-state index contributed by atoms with van der Waals surface area (Å²) in [4.78, 5) is 28.7. The highest BCUT2D eigenvalue weighted by atomic mass is 32.2. The van der Waals surface area contributed by atoms with Gasteiger partial charge in [-0.2, -0.15) is 0 Å². The first-order valence-electron chi connectivity index (χ1n) is 8.03. The van der Waals surface area contributed by atoms with Crippen molar-refractivity contribution in [1.82, 2.24) is 9.80 Å². The van der Waals surface area contributed by atoms with Gasteiger partial charge in [0.05, 0.1) is 19.0 Å². The van der Waals surface area contributed by atoms with Gasteiger partial charge in [-0.1, -0.05) is 18.2 Å². The van der Waals surface area contributed by atoms with Crippen LogP contribution in [0.15, 0.2) is 30.3 Å². The van der Waals surface area contributed by atoms with E-state index in [2.05, 4.69) is 0 Å². The Labute approximate surface area is 139 Å². The zero-order valence-corrected chi connectivity index (χ0v) is 13.7. The normalized spacial score (nSPS) is 26.0. The van der Waals surface area contributed by atoms with Crippen LogP contribution in [0.3, 0.4) is 0 Å². The monoisotopic (exact) mass is 332 g/mol. The molecule has 1 unspecified atom stereocenters. The van der Waals surface area contributed by atoms with Crippen molar-refractivity contribution in [3.05, 3.63) is 35.9 Å². The minimum atomic E-state index is -0.671. The number of aliphatic hydroxyl groups is 1. The lowest BCUT2D eigenvalue weighted by Gasteiger charge is -2.48. The Morgan fingerprint density at radius 3 is 2.52 bits per heavy atom. The third kappa shape index (κ3) is 2.64. The number of hydrogen-bond acceptors (Lipinski definition) is 4. The van der Waals surface area contributed by atoms with Crippen molar-refractivity contribution in [1.29, 1.82) is 0 Å². The Balaban J connectivity index is 1.44. The first-order valence-corrected chi connectivity index (χ1v) is 9.19. The molecule has 2 saturated heterocycles. The van der Waals surface area contributed by atoms with Crippen LogP contribution in [-0.4, -0.2) is 63.1 Å². The third-order valence-electron chi connectivity index (χ3n) is 5.03. The van der Waals surface area contributed by atoms with E-state index in [0.29, 0.717) is 36.2 Å². The number of nitrogens with zero attached hydrogens (tertiary/aromatic N) is 2. The van der Waals surface area contributed by atoms with Gasteiger partial charge in [0.15, 0.2) is 0 Å². The second-order valence-electron chi connectivity index (χ2n) is 6.73. The molecule has 3 aliphatic rings. The van der Waals surface area contributed by atoms with Crippen molar-refractivity contribution < 1.29 is 14.7 Å². The molecule has 1 aromatic carbocycles. The van der Waals surface area contributed by atoms with Gasteiger partial charge >= 0.3 is 0 Å². The van der Waals surface area contributed by atoms with Crippen LogP contribution < -0.4 is 0 Å². The topological polar surface area (TPSA) is 60.9 Å². The maximum Gasteiger partial charge on any atom is 0.255 e. The fourth-order valence-corrected chi connectivity index (χ4v) is 4.60. The number of carbonyl (C=O) groups is 2. The summed E-state index contributed by atoms with van der Waals surface area (Å²) < 4.78 is 0. The molecule has 2 amide bonds. The van der Waals surface area contributed by atoms with Gasteiger partial charge in [0.2, 0.25) is 5.91 Å². The summed E-state index contributed by atoms with van der Waals surface area (Å²) in [6.07, 6.45) is 2.13. The van der Waals surface area contributed by atoms with Crippen molar-refractivity contribution in [2.24, 2.45) is 5.92 Å². The summed E-state index contributed by atoms with van der Waals surface area (Å²) in [6.45, 7) is 0.843. The number of thioether (sulfide) groups is 1. The van der Waals surface area contributed by atoms with Gasteiger partial charge in [0.25, 0.3) is 5.91 Å². The van der Waals surface area contributed by atoms with Gasteiger partial charge in [-0.05, 0) is 30.9 Å². The second kappa shape index (κ2) is 5.53. The molecule has 6 heteroatoms. The first kappa shape index (κ1) is 15.0. The van der Waals surface area contributed by atoms with E-state index >= 15 is 0 Å². The van der Waals surface area contributed by atoms with Gasteiger partial charge in [-0.3, -0.25) is 9.59 Å². The molecule has 1 aromatic rings. The molecule has 1 aliphatic carbocycles. The van der Waals surface area contributed by atoms with Crippen LogP contribution in [0.2, 0.25) is 0 Å². The summed E-state index contributed by atoms with van der Waals surface area (Å²) in [5.41, 5.74) is -0.0544. The van der Waals surface area contributed by atoms with E-state index < -0.39 is 11.6 Å². The number of likely N-dealkylation sites (tertiary alicyclic amines) is 1. The van der Waals surface area contributed by atoms with Crippen molar-refractivity contribution in [2.75, 3.05) is 24.7 Å². The lowest BCUT2D eigenvalue weighted by molar-refractivity contribution is -0.162. The molecule has 1 N–H and O–H groups in total. The van der Waals surface area contributed by atoms with E-state index in [-0.39, 0.29) is 11.8 Å². The van der Waals surface area contributed by atoms with Gasteiger partial charge in [0.1, 0.15) is 11.6 Å². The Hall–Kier alpha value is -1.53. The molecular weight excluding hydrogens is 312 g/mol. The predicted octanol–water partition coefficient (Wildman–Crippen LogP) is 1.19. The minimum Gasteiger partial charge on any atom is -0.386 e. The van der Waals surface area contributed by atoms with Crippen LogP contribution in [0.5, 0.6) is 0 Å². The highest BCUT2D eigenvalue weighted by molar-refractivity contribution is 7.99. The van der Waals surface area contributed by atoms with Crippen LogP contribution in [0.25, 0.3) is 0 Å². The van der Waals surface area contributed by atoms with Crippen molar-refractivity contribution in [2.45, 2.75) is 24.5 Å². The molecule has 0 spiro atoms. The molecule has 0 bridgehead atoms. The van der Waals surface area contributed by atoms with Gasteiger partial charge in [-0.15, -0.1) is 11.8 Å². The summed E-state index contributed by atoms with van der Waals surface area (Å²) >= 11 is 1.61. The Morgan fingerprint density at radius 2 is 1.87 bits per heavy atom. The summed E-state index contributed by atoms with van der Waals surface area (Å²) in [5.74, 6) is 1.43. The molecular formula is C17H20N2O3S. The second-order valence-corrected chi connectivity index (χ2v) is 7.73. The van der Waals surface area contributed by atoms with Crippen LogP contribution in [-0.2, 0) is 4.79 Å². The largest absolute Gasteiger partial charge is 0.386 e. The van der Waals surface area contributed by atoms with Crippen LogP contribution in [0.4, 0.5) is 0 Å². The molecule has 3 fully saturated rings. The quantitative estimate of drug-likeness (QED) is 0.903. The molecule has 0 aromatic heterocycles. The number of amides is 2. The van der Waals surface area contributed by atoms with Crippen LogP contribution in [0.1, 0.15) is 23.2 Å². The van der Waals surface area contributed by atoms with E-state index in [9.17, 15) is 14.7 Å². The zero-order valence-electron chi connectivity index (χ0n) is 12.9. The molecule has 1 saturated carbocycles. The fraction of sp³-hybridized carbons (Fsp3) is 0.529. The summed E-state index contributed by atoms with van der Waals surface area (Å²) in [5, 5.41) is 10.4. The molecule has 2 heterocycles. The minimum absolute atomic E-state index is 0.0235. The summed E-state index contributed by atoms with van der Waals surface area (Å²) in [6, 6.07) is 8.69. The average molecular weight is 332 g/mol. The Morgan fingerprint density at radius 1 is 1.17 bits per heavy atom. The maximum absolute atomic E-state index is 12.7. The Kier molecular flexibility index (Phi) is 3.61. The molecule has 0 radical (unpaired) electrons. The molecule has 23 heavy (non-hydrogen) atoms. The van der Waals surface area contributed by atoms with E-state index in [0.717, 1.165) is 12.8 Å². The van der Waals surface area contributed by atoms with Gasteiger partial charge in [0, 0.05) is 11.3 Å². The lowest BCUT2D eigenvalue weighted by Crippen LogP contribution is -2.67. The SMILES string of the molecule is O=C(C1CSCN1C(=O)c1ccccc1)N1CC(O)(C2CC2)C1. The fourth-order valence-electron chi connectivity index (χ4n) is 3.45. The summed E-state index contributed by atoms with van der Waals surface area (Å²) in [7, 11) is 0. The van der Waals surface area contributed by atoms with Crippen molar-refractivity contribution in [3.8, 4) is 0 Å². The zero-order chi connectivity index (χ0) is 16.0. The van der Waals surface area contributed by atoms with Crippen molar-refractivity contribution in [3.63, 3.8) is 0 Å². The van der Waals surface area contributed by atoms with E-state index in [1.165, 1.54) is 0 Å². The van der Waals surface area contributed by atoms with Crippen LogP contribution in [0, 0.1) is 5.92 Å². The molecule has 122 valence electrons. The maximum atomic E-state index is 12.7. The van der Waals surface area contributed by atoms with Gasteiger partial charge < -0.3 is 14.9 Å². The highest BCUT2D eigenvalue weighted by Crippen LogP contribution is 2.45. The smallest absolute Gasteiger partial charge is 0.255 e. The Bertz CT molecular complexity index is 626. The first-order chi connectivity index (χ1) is 11.1. The molecule has 5 nitrogen and oxygen atoms in total. The number of benzene rings is 1. The highest BCUT2D eigenvalue weighted by Gasteiger charge is 2.54. The number of rotatable bonds is 3. The third-order valence-corrected chi connectivity index (χ3v) is 6.04. The van der Waals surface area contributed by atoms with Crippen molar-refractivity contribution >= 4 is 23.6 Å². The number of carbonyl (C=O) groups excluding carboxylic acids is 2. The lowest BCUT2D eigenvalue weighted by atomic mass is 9.88. The predicted molar refractivity (Wildman–Crippen MR) is 88.0 cm³/mol. The van der Waals surface area contributed by atoms with Gasteiger partial charge in [-0.25, -0.2) is 0 Å².